The SMILES string of the molecule is CNCCC1CCN(C(=O)c2nccnc2N)CC1.Cl.Cl. The molecule has 1 amide bonds. The van der Waals surface area contributed by atoms with Gasteiger partial charge in [-0.05, 0) is 38.8 Å². The Morgan fingerprint density at radius 1 is 1.33 bits per heavy atom. The molecule has 0 atom stereocenters. The van der Waals surface area contributed by atoms with Gasteiger partial charge >= 0.3 is 0 Å². The zero-order valence-corrected chi connectivity index (χ0v) is 13.8. The van der Waals surface area contributed by atoms with Crippen LogP contribution in [0.1, 0.15) is 29.8 Å². The lowest BCUT2D eigenvalue weighted by Crippen LogP contribution is -2.39. The summed E-state index contributed by atoms with van der Waals surface area (Å²) < 4.78 is 0. The van der Waals surface area contributed by atoms with E-state index in [1.165, 1.54) is 18.8 Å². The number of carbonyl (C=O) groups excluding carboxylic acids is 1. The number of likely N-dealkylation sites (tertiary alicyclic amines) is 1. The summed E-state index contributed by atoms with van der Waals surface area (Å²) in [6, 6.07) is 0. The predicted molar refractivity (Wildman–Crippen MR) is 88.1 cm³/mol. The number of nitrogens with one attached hydrogen (secondary N) is 1. The zero-order chi connectivity index (χ0) is 13.7. The van der Waals surface area contributed by atoms with Crippen LogP contribution in [-0.2, 0) is 0 Å². The van der Waals surface area contributed by atoms with Crippen molar-refractivity contribution in [3.8, 4) is 0 Å². The number of halogens is 2. The van der Waals surface area contributed by atoms with E-state index in [9.17, 15) is 4.79 Å². The molecule has 0 bridgehead atoms. The molecule has 0 unspecified atom stereocenters. The summed E-state index contributed by atoms with van der Waals surface area (Å²) in [5.41, 5.74) is 5.97. The van der Waals surface area contributed by atoms with Gasteiger partial charge in [0.25, 0.3) is 5.91 Å². The van der Waals surface area contributed by atoms with Crippen LogP contribution in [0.4, 0.5) is 5.82 Å². The fourth-order valence-electron chi connectivity index (χ4n) is 2.44. The van der Waals surface area contributed by atoms with Crippen molar-refractivity contribution in [2.24, 2.45) is 5.92 Å². The van der Waals surface area contributed by atoms with Crippen LogP contribution < -0.4 is 11.1 Å². The fourth-order valence-corrected chi connectivity index (χ4v) is 2.44. The summed E-state index contributed by atoms with van der Waals surface area (Å²) in [7, 11) is 1.97. The molecule has 120 valence electrons. The van der Waals surface area contributed by atoms with E-state index in [1.807, 2.05) is 11.9 Å². The van der Waals surface area contributed by atoms with Gasteiger partial charge < -0.3 is 16.0 Å². The van der Waals surface area contributed by atoms with E-state index in [4.69, 9.17) is 5.73 Å². The van der Waals surface area contributed by atoms with Gasteiger partial charge in [0, 0.05) is 25.5 Å². The third kappa shape index (κ3) is 5.30. The maximum absolute atomic E-state index is 12.3. The van der Waals surface area contributed by atoms with Crippen molar-refractivity contribution in [2.75, 3.05) is 32.4 Å². The summed E-state index contributed by atoms with van der Waals surface area (Å²) >= 11 is 0. The largest absolute Gasteiger partial charge is 0.382 e. The number of piperidine rings is 1. The summed E-state index contributed by atoms with van der Waals surface area (Å²) in [6.45, 7) is 2.60. The second-order valence-corrected chi connectivity index (χ2v) is 4.92. The Kier molecular flexibility index (Phi) is 9.24. The highest BCUT2D eigenvalue weighted by molar-refractivity contribution is 5.96. The molecule has 1 saturated heterocycles. The van der Waals surface area contributed by atoms with E-state index in [0.29, 0.717) is 5.92 Å². The third-order valence-electron chi connectivity index (χ3n) is 3.63. The van der Waals surface area contributed by atoms with Gasteiger partial charge in [0.1, 0.15) is 0 Å². The van der Waals surface area contributed by atoms with Gasteiger partial charge in [0.05, 0.1) is 0 Å². The van der Waals surface area contributed by atoms with Crippen molar-refractivity contribution < 1.29 is 4.79 Å². The Morgan fingerprint density at radius 3 is 2.52 bits per heavy atom. The summed E-state index contributed by atoms with van der Waals surface area (Å²) in [4.78, 5) is 22.0. The van der Waals surface area contributed by atoms with Crippen LogP contribution in [0.25, 0.3) is 0 Å². The molecule has 0 spiro atoms. The highest BCUT2D eigenvalue weighted by Gasteiger charge is 2.25. The Morgan fingerprint density at radius 2 is 1.95 bits per heavy atom. The van der Waals surface area contributed by atoms with E-state index >= 15 is 0 Å². The van der Waals surface area contributed by atoms with Crippen LogP contribution in [0.3, 0.4) is 0 Å². The minimum atomic E-state index is -0.0994. The molecule has 0 radical (unpaired) electrons. The van der Waals surface area contributed by atoms with Crippen molar-refractivity contribution in [2.45, 2.75) is 19.3 Å². The lowest BCUT2D eigenvalue weighted by Gasteiger charge is -2.31. The molecule has 8 heteroatoms. The first kappa shape index (κ1) is 19.9. The monoisotopic (exact) mass is 335 g/mol. The van der Waals surface area contributed by atoms with Gasteiger partial charge in [-0.25, -0.2) is 9.97 Å². The number of nitrogens with two attached hydrogens (primary N) is 1. The molecule has 2 heterocycles. The molecule has 1 aliphatic rings. The minimum Gasteiger partial charge on any atom is -0.382 e. The van der Waals surface area contributed by atoms with Crippen molar-refractivity contribution >= 4 is 36.5 Å². The minimum absolute atomic E-state index is 0. The summed E-state index contributed by atoms with van der Waals surface area (Å²) in [5.74, 6) is 0.818. The molecule has 0 aromatic carbocycles. The number of amides is 1. The number of carbonyl (C=O) groups is 1. The van der Waals surface area contributed by atoms with Crippen LogP contribution >= 0.6 is 24.8 Å². The quantitative estimate of drug-likeness (QED) is 0.867. The number of anilines is 1. The number of hydrogen-bond donors (Lipinski definition) is 2. The average molecular weight is 336 g/mol. The number of aromatic nitrogens is 2. The maximum Gasteiger partial charge on any atom is 0.276 e. The van der Waals surface area contributed by atoms with Crippen molar-refractivity contribution in [1.29, 1.82) is 0 Å². The molecule has 1 aliphatic heterocycles. The lowest BCUT2D eigenvalue weighted by atomic mass is 9.93. The smallest absolute Gasteiger partial charge is 0.276 e. The first-order chi connectivity index (χ1) is 9.22. The summed E-state index contributed by atoms with van der Waals surface area (Å²) in [6.07, 6.45) is 6.27. The number of nitrogen functional groups attached to an aromatic ring is 1. The van der Waals surface area contributed by atoms with Gasteiger partial charge in [-0.15, -0.1) is 24.8 Å². The third-order valence-corrected chi connectivity index (χ3v) is 3.63. The van der Waals surface area contributed by atoms with E-state index in [1.54, 1.807) is 0 Å². The first-order valence-electron chi connectivity index (χ1n) is 6.72. The highest BCUT2D eigenvalue weighted by atomic mass is 35.5. The van der Waals surface area contributed by atoms with Crippen molar-refractivity contribution in [3.63, 3.8) is 0 Å². The van der Waals surface area contributed by atoms with E-state index in [0.717, 1.165) is 32.5 Å². The second-order valence-electron chi connectivity index (χ2n) is 4.92. The normalized spacial score (nSPS) is 15.0. The molecular formula is C13H23Cl2N5O. The van der Waals surface area contributed by atoms with Crippen LogP contribution in [0.5, 0.6) is 0 Å². The zero-order valence-electron chi connectivity index (χ0n) is 12.1. The molecule has 0 saturated carbocycles. The van der Waals surface area contributed by atoms with Gasteiger partial charge in [-0.3, -0.25) is 4.79 Å². The molecule has 2 rings (SSSR count). The highest BCUT2D eigenvalue weighted by Crippen LogP contribution is 2.21. The van der Waals surface area contributed by atoms with E-state index in [-0.39, 0.29) is 42.2 Å². The summed E-state index contributed by atoms with van der Waals surface area (Å²) in [5, 5.41) is 3.17. The predicted octanol–water partition coefficient (Wildman–Crippen LogP) is 1.36. The second kappa shape index (κ2) is 9.76. The molecule has 1 aromatic rings. The van der Waals surface area contributed by atoms with Gasteiger partial charge in [0.15, 0.2) is 11.5 Å². The van der Waals surface area contributed by atoms with Crippen LogP contribution in [0.15, 0.2) is 12.4 Å². The molecule has 0 aliphatic carbocycles. The lowest BCUT2D eigenvalue weighted by molar-refractivity contribution is 0.0682. The van der Waals surface area contributed by atoms with Gasteiger partial charge in [-0.1, -0.05) is 0 Å². The maximum atomic E-state index is 12.3. The Bertz CT molecular complexity index is 438. The van der Waals surface area contributed by atoms with E-state index < -0.39 is 0 Å². The van der Waals surface area contributed by atoms with Crippen molar-refractivity contribution in [3.05, 3.63) is 18.1 Å². The molecule has 1 fully saturated rings. The van der Waals surface area contributed by atoms with Crippen LogP contribution in [-0.4, -0.2) is 47.5 Å². The molecule has 21 heavy (non-hydrogen) atoms. The Labute approximate surface area is 137 Å². The molecular weight excluding hydrogens is 313 g/mol. The molecule has 3 N–H and O–H groups in total. The van der Waals surface area contributed by atoms with E-state index in [2.05, 4.69) is 15.3 Å². The Balaban J connectivity index is 0.00000200. The average Bonchev–Trinajstić information content (AvgIpc) is 2.45. The number of hydrogen-bond acceptors (Lipinski definition) is 5. The van der Waals surface area contributed by atoms with Crippen LogP contribution in [0, 0.1) is 5.92 Å². The topological polar surface area (TPSA) is 84.1 Å². The number of nitrogens with zero attached hydrogens (tertiary/aromatic N) is 3. The first-order valence-corrected chi connectivity index (χ1v) is 6.72. The van der Waals surface area contributed by atoms with Gasteiger partial charge in [-0.2, -0.15) is 0 Å². The fraction of sp³-hybridized carbons (Fsp3) is 0.615. The molecule has 1 aromatic heterocycles. The van der Waals surface area contributed by atoms with Crippen LogP contribution in [0.2, 0.25) is 0 Å². The molecule has 6 nitrogen and oxygen atoms in total. The van der Waals surface area contributed by atoms with Gasteiger partial charge in [0.2, 0.25) is 0 Å². The van der Waals surface area contributed by atoms with Crippen molar-refractivity contribution in [1.82, 2.24) is 20.2 Å². The number of rotatable bonds is 4. The Hall–Kier alpha value is -1.11. The standard InChI is InChI=1S/C13H21N5O.2ClH/c1-15-5-2-10-3-8-18(9-4-10)13(19)11-12(14)17-7-6-16-11;;/h6-7,10,15H,2-5,8-9H2,1H3,(H2,14,17);2*1H.